The molecule has 4 heteroatoms. The summed E-state index contributed by atoms with van der Waals surface area (Å²) >= 11 is 0. The summed E-state index contributed by atoms with van der Waals surface area (Å²) in [4.78, 5) is 13.7. The van der Waals surface area contributed by atoms with Gasteiger partial charge in [0.2, 0.25) is 0 Å². The maximum absolute atomic E-state index is 11.8. The Balaban J connectivity index is 1.88. The summed E-state index contributed by atoms with van der Waals surface area (Å²) < 4.78 is 5.37. The zero-order valence-corrected chi connectivity index (χ0v) is 10.4. The molecule has 4 nitrogen and oxygen atoms in total. The van der Waals surface area contributed by atoms with Crippen LogP contribution in [0.1, 0.15) is 27.2 Å². The molecule has 1 amide bonds. The lowest BCUT2D eigenvalue weighted by Crippen LogP contribution is -2.59. The molecule has 3 atom stereocenters. The van der Waals surface area contributed by atoms with Crippen molar-refractivity contribution in [1.82, 2.24) is 4.90 Å². The van der Waals surface area contributed by atoms with Gasteiger partial charge in [0, 0.05) is 13.1 Å². The fourth-order valence-corrected chi connectivity index (χ4v) is 2.85. The maximum Gasteiger partial charge on any atom is 0.410 e. The Labute approximate surface area is 97.1 Å². The standard InChI is InChI=1S/C12H22N2O2/c1-12(2,3)16-11(15)14-6-8-4-9(7-14)10(8)5-13/h8-10H,4-7,13H2,1-3H3/t8-,9+,10?. The van der Waals surface area contributed by atoms with E-state index >= 15 is 0 Å². The van der Waals surface area contributed by atoms with Gasteiger partial charge in [-0.25, -0.2) is 4.79 Å². The van der Waals surface area contributed by atoms with Crippen LogP contribution in [0.3, 0.4) is 0 Å². The van der Waals surface area contributed by atoms with E-state index in [-0.39, 0.29) is 6.09 Å². The van der Waals surface area contributed by atoms with Gasteiger partial charge >= 0.3 is 6.09 Å². The first-order valence-corrected chi connectivity index (χ1v) is 6.08. The molecule has 3 fully saturated rings. The van der Waals surface area contributed by atoms with Crippen molar-refractivity contribution in [2.75, 3.05) is 19.6 Å². The summed E-state index contributed by atoms with van der Waals surface area (Å²) in [6.07, 6.45) is 1.07. The van der Waals surface area contributed by atoms with Crippen molar-refractivity contribution in [3.63, 3.8) is 0 Å². The number of nitrogens with two attached hydrogens (primary N) is 1. The molecule has 92 valence electrons. The van der Waals surface area contributed by atoms with Crippen molar-refractivity contribution < 1.29 is 9.53 Å². The third kappa shape index (κ3) is 2.17. The monoisotopic (exact) mass is 226 g/mol. The Hall–Kier alpha value is -0.770. The van der Waals surface area contributed by atoms with Crippen LogP contribution in [0.15, 0.2) is 0 Å². The van der Waals surface area contributed by atoms with Gasteiger partial charge in [-0.05, 0) is 51.5 Å². The van der Waals surface area contributed by atoms with Gasteiger partial charge < -0.3 is 15.4 Å². The molecular weight excluding hydrogens is 204 g/mol. The van der Waals surface area contributed by atoms with E-state index in [1.807, 2.05) is 25.7 Å². The summed E-state index contributed by atoms with van der Waals surface area (Å²) in [5.74, 6) is 1.85. The molecule has 16 heavy (non-hydrogen) atoms. The Morgan fingerprint density at radius 3 is 2.38 bits per heavy atom. The molecule has 2 saturated heterocycles. The molecule has 2 bridgehead atoms. The highest BCUT2D eigenvalue weighted by Crippen LogP contribution is 2.44. The van der Waals surface area contributed by atoms with Crippen LogP contribution in [0.25, 0.3) is 0 Å². The molecule has 2 aliphatic heterocycles. The van der Waals surface area contributed by atoms with Gasteiger partial charge in [0.05, 0.1) is 0 Å². The number of rotatable bonds is 1. The predicted molar refractivity (Wildman–Crippen MR) is 61.9 cm³/mol. The van der Waals surface area contributed by atoms with E-state index in [9.17, 15) is 4.79 Å². The number of hydrogen-bond acceptors (Lipinski definition) is 3. The smallest absolute Gasteiger partial charge is 0.410 e. The van der Waals surface area contributed by atoms with Crippen molar-refractivity contribution in [2.24, 2.45) is 23.5 Å². The number of piperidine rings is 2. The predicted octanol–water partition coefficient (Wildman–Crippen LogP) is 1.45. The van der Waals surface area contributed by atoms with Crippen LogP contribution < -0.4 is 5.73 Å². The van der Waals surface area contributed by atoms with E-state index in [2.05, 4.69) is 0 Å². The minimum Gasteiger partial charge on any atom is -0.444 e. The van der Waals surface area contributed by atoms with E-state index in [0.29, 0.717) is 17.8 Å². The Morgan fingerprint density at radius 1 is 1.38 bits per heavy atom. The molecule has 0 aromatic carbocycles. The first-order chi connectivity index (χ1) is 7.40. The van der Waals surface area contributed by atoms with Crippen molar-refractivity contribution in [2.45, 2.75) is 32.8 Å². The van der Waals surface area contributed by atoms with Crippen LogP contribution in [-0.2, 0) is 4.74 Å². The first-order valence-electron chi connectivity index (χ1n) is 6.08. The fourth-order valence-electron chi connectivity index (χ4n) is 2.85. The summed E-state index contributed by atoms with van der Waals surface area (Å²) in [7, 11) is 0. The molecule has 0 aromatic heterocycles. The zero-order chi connectivity index (χ0) is 11.9. The van der Waals surface area contributed by atoms with Crippen LogP contribution in [-0.4, -0.2) is 36.2 Å². The minimum absolute atomic E-state index is 0.169. The summed E-state index contributed by atoms with van der Waals surface area (Å²) in [6, 6.07) is 0. The molecule has 0 aromatic rings. The first kappa shape index (κ1) is 11.7. The normalized spacial score (nSPS) is 33.2. The lowest BCUT2D eigenvalue weighted by molar-refractivity contribution is -0.0506. The quantitative estimate of drug-likeness (QED) is 0.736. The molecule has 1 saturated carbocycles. The Bertz CT molecular complexity index is 273. The number of hydrogen-bond donors (Lipinski definition) is 1. The molecular formula is C12H22N2O2. The van der Waals surface area contributed by atoms with E-state index in [0.717, 1.165) is 19.6 Å². The van der Waals surface area contributed by atoms with Crippen molar-refractivity contribution in [3.05, 3.63) is 0 Å². The molecule has 2 heterocycles. The van der Waals surface area contributed by atoms with E-state index in [1.54, 1.807) is 0 Å². The molecule has 2 N–H and O–H groups in total. The number of carbonyl (C=O) groups is 1. The minimum atomic E-state index is -0.397. The summed E-state index contributed by atoms with van der Waals surface area (Å²) in [5.41, 5.74) is 5.32. The zero-order valence-electron chi connectivity index (χ0n) is 10.4. The van der Waals surface area contributed by atoms with Gasteiger partial charge in [-0.15, -0.1) is 0 Å². The van der Waals surface area contributed by atoms with Crippen molar-refractivity contribution in [3.8, 4) is 0 Å². The van der Waals surface area contributed by atoms with Crippen molar-refractivity contribution in [1.29, 1.82) is 0 Å². The highest BCUT2D eigenvalue weighted by atomic mass is 16.6. The molecule has 1 unspecified atom stereocenters. The van der Waals surface area contributed by atoms with Crippen LogP contribution in [0.4, 0.5) is 4.79 Å². The molecule has 1 aliphatic carbocycles. The third-order valence-corrected chi connectivity index (χ3v) is 3.65. The van der Waals surface area contributed by atoms with Crippen LogP contribution in [0.5, 0.6) is 0 Å². The number of fused-ring (bicyclic) bond motifs is 2. The second-order valence-corrected chi connectivity index (χ2v) is 6.04. The highest BCUT2D eigenvalue weighted by molar-refractivity contribution is 5.68. The van der Waals surface area contributed by atoms with Crippen LogP contribution in [0.2, 0.25) is 0 Å². The van der Waals surface area contributed by atoms with E-state index in [1.165, 1.54) is 6.42 Å². The van der Waals surface area contributed by atoms with Crippen molar-refractivity contribution >= 4 is 6.09 Å². The summed E-state index contributed by atoms with van der Waals surface area (Å²) in [6.45, 7) is 8.12. The maximum atomic E-state index is 11.8. The lowest BCUT2D eigenvalue weighted by Gasteiger charge is -2.53. The van der Waals surface area contributed by atoms with E-state index in [4.69, 9.17) is 10.5 Å². The van der Waals surface area contributed by atoms with Crippen LogP contribution >= 0.6 is 0 Å². The molecule has 3 rings (SSSR count). The topological polar surface area (TPSA) is 55.6 Å². The molecule has 0 radical (unpaired) electrons. The average molecular weight is 226 g/mol. The van der Waals surface area contributed by atoms with E-state index < -0.39 is 5.60 Å². The average Bonchev–Trinajstić information content (AvgIpc) is 2.16. The number of ether oxygens (including phenoxy) is 1. The Kier molecular flexibility index (Phi) is 2.86. The van der Waals surface area contributed by atoms with Gasteiger partial charge in [-0.2, -0.15) is 0 Å². The van der Waals surface area contributed by atoms with Gasteiger partial charge in [0.1, 0.15) is 5.60 Å². The molecule has 3 aliphatic rings. The second kappa shape index (κ2) is 3.91. The SMILES string of the molecule is CC(C)(C)OC(=O)N1C[C@H]2C[C@@H](C1)C2CN. The number of nitrogens with zero attached hydrogens (tertiary/aromatic N) is 1. The molecule has 0 spiro atoms. The lowest BCUT2D eigenvalue weighted by atomic mass is 9.62. The third-order valence-electron chi connectivity index (χ3n) is 3.65. The summed E-state index contributed by atoms with van der Waals surface area (Å²) in [5, 5.41) is 0. The van der Waals surface area contributed by atoms with Crippen LogP contribution in [0, 0.1) is 17.8 Å². The number of amides is 1. The number of carbonyl (C=O) groups excluding carboxylic acids is 1. The second-order valence-electron chi connectivity index (χ2n) is 6.04. The highest BCUT2D eigenvalue weighted by Gasteiger charge is 2.47. The van der Waals surface area contributed by atoms with Gasteiger partial charge in [-0.1, -0.05) is 0 Å². The largest absolute Gasteiger partial charge is 0.444 e. The van der Waals surface area contributed by atoms with Gasteiger partial charge in [-0.3, -0.25) is 0 Å². The van der Waals surface area contributed by atoms with Gasteiger partial charge in [0.25, 0.3) is 0 Å². The van der Waals surface area contributed by atoms with Gasteiger partial charge in [0.15, 0.2) is 0 Å². The Morgan fingerprint density at radius 2 is 1.94 bits per heavy atom. The fraction of sp³-hybridized carbons (Fsp3) is 0.917.